The van der Waals surface area contributed by atoms with Gasteiger partial charge in [-0.25, -0.2) is 0 Å². The molecule has 0 atom stereocenters. The van der Waals surface area contributed by atoms with E-state index in [0.29, 0.717) is 6.54 Å². The van der Waals surface area contributed by atoms with E-state index in [1.165, 1.54) is 23.4 Å². The first kappa shape index (κ1) is 18.9. The van der Waals surface area contributed by atoms with Gasteiger partial charge in [0.1, 0.15) is 0 Å². The molecule has 4 heteroatoms. The number of hydrogen-bond donors (Lipinski definition) is 1. The molecule has 0 bridgehead atoms. The van der Waals surface area contributed by atoms with Crippen molar-refractivity contribution >= 4 is 6.08 Å². The van der Waals surface area contributed by atoms with E-state index in [1.807, 2.05) is 47.0 Å². The van der Waals surface area contributed by atoms with Crippen molar-refractivity contribution in [1.82, 2.24) is 9.47 Å². The third-order valence-electron chi connectivity index (χ3n) is 5.60. The molecule has 31 heavy (non-hydrogen) atoms. The van der Waals surface area contributed by atoms with E-state index in [9.17, 15) is 9.90 Å². The van der Waals surface area contributed by atoms with Crippen LogP contribution in [0.4, 0.5) is 0 Å². The van der Waals surface area contributed by atoms with Crippen molar-refractivity contribution in [1.29, 1.82) is 0 Å². The van der Waals surface area contributed by atoms with Crippen molar-refractivity contribution in [3.8, 4) is 22.6 Å². The predicted octanol–water partition coefficient (Wildman–Crippen LogP) is 5.20. The molecular formula is C27H22N2O2. The molecule has 3 aromatic carbocycles. The number of aromatic hydroxyl groups is 1. The van der Waals surface area contributed by atoms with Crippen LogP contribution in [0.5, 0.6) is 5.75 Å². The Balaban J connectivity index is 1.52. The number of benzene rings is 3. The Morgan fingerprint density at radius 3 is 2.48 bits per heavy atom. The highest BCUT2D eigenvalue weighted by molar-refractivity contribution is 5.66. The van der Waals surface area contributed by atoms with E-state index in [2.05, 4.69) is 53.6 Å². The van der Waals surface area contributed by atoms with Crippen LogP contribution in [0, 0.1) is 0 Å². The van der Waals surface area contributed by atoms with Gasteiger partial charge in [0.25, 0.3) is 0 Å². The molecule has 152 valence electrons. The third kappa shape index (κ3) is 3.88. The molecule has 0 aliphatic carbocycles. The molecule has 0 spiro atoms. The molecule has 1 N–H and O–H groups in total. The van der Waals surface area contributed by atoms with E-state index in [4.69, 9.17) is 0 Å². The van der Waals surface area contributed by atoms with E-state index in [-0.39, 0.29) is 11.2 Å². The lowest BCUT2D eigenvalue weighted by Gasteiger charge is -2.27. The molecule has 0 unspecified atom stereocenters. The lowest BCUT2D eigenvalue weighted by Crippen LogP contribution is -2.23. The molecule has 0 radical (unpaired) electrons. The van der Waals surface area contributed by atoms with E-state index in [0.717, 1.165) is 29.1 Å². The van der Waals surface area contributed by atoms with E-state index >= 15 is 0 Å². The number of pyridine rings is 1. The fourth-order valence-electron chi connectivity index (χ4n) is 4.01. The lowest BCUT2D eigenvalue weighted by molar-refractivity contribution is 0.351. The average molecular weight is 406 g/mol. The van der Waals surface area contributed by atoms with Crippen molar-refractivity contribution in [2.24, 2.45) is 0 Å². The first-order valence-corrected chi connectivity index (χ1v) is 10.3. The topological polar surface area (TPSA) is 45.5 Å². The summed E-state index contributed by atoms with van der Waals surface area (Å²) in [5.74, 6) is -0.256. The molecule has 4 nitrogen and oxygen atoms in total. The number of nitrogens with zero attached hydrogens (tertiary/aromatic N) is 2. The predicted molar refractivity (Wildman–Crippen MR) is 124 cm³/mol. The number of fused-ring (bicyclic) bond motifs is 1. The van der Waals surface area contributed by atoms with Gasteiger partial charge in [0, 0.05) is 30.2 Å². The quantitative estimate of drug-likeness (QED) is 0.507. The number of hydrogen-bond acceptors (Lipinski definition) is 3. The summed E-state index contributed by atoms with van der Waals surface area (Å²) in [6.07, 6.45) is 5.67. The maximum Gasteiger partial charge on any atom is 0.223 e. The number of rotatable bonds is 4. The summed E-state index contributed by atoms with van der Waals surface area (Å²) in [5, 5.41) is 10.1. The third-order valence-corrected chi connectivity index (χ3v) is 5.60. The van der Waals surface area contributed by atoms with Crippen LogP contribution in [0.2, 0.25) is 0 Å². The fourth-order valence-corrected chi connectivity index (χ4v) is 4.01. The van der Waals surface area contributed by atoms with Gasteiger partial charge in [-0.05, 0) is 40.5 Å². The first-order chi connectivity index (χ1) is 15.2. The number of aromatic nitrogens is 1. The Morgan fingerprint density at radius 2 is 1.61 bits per heavy atom. The fraction of sp³-hybridized carbons (Fsp3) is 0.0741. The van der Waals surface area contributed by atoms with Crippen LogP contribution in [0.25, 0.3) is 22.9 Å². The molecule has 1 aliphatic rings. The van der Waals surface area contributed by atoms with Gasteiger partial charge in [-0.15, -0.1) is 0 Å². The minimum absolute atomic E-state index is 0.256. The highest BCUT2D eigenvalue weighted by atomic mass is 16.3. The zero-order valence-corrected chi connectivity index (χ0v) is 17.0. The average Bonchev–Trinajstić information content (AvgIpc) is 2.82. The lowest BCUT2D eigenvalue weighted by atomic mass is 10.0. The van der Waals surface area contributed by atoms with E-state index in [1.54, 1.807) is 0 Å². The molecule has 4 aromatic rings. The minimum Gasteiger partial charge on any atom is -0.503 e. The van der Waals surface area contributed by atoms with Crippen molar-refractivity contribution in [3.05, 3.63) is 124 Å². The summed E-state index contributed by atoms with van der Waals surface area (Å²) < 4.78 is 1.90. The molecule has 0 amide bonds. The second-order valence-corrected chi connectivity index (χ2v) is 7.72. The van der Waals surface area contributed by atoms with Crippen LogP contribution >= 0.6 is 0 Å². The summed E-state index contributed by atoms with van der Waals surface area (Å²) in [6.45, 7) is 1.32. The van der Waals surface area contributed by atoms with Crippen LogP contribution in [0.3, 0.4) is 0 Å². The summed E-state index contributed by atoms with van der Waals surface area (Å²) in [5.41, 5.74) is 6.01. The molecule has 1 aromatic heterocycles. The van der Waals surface area contributed by atoms with Crippen molar-refractivity contribution < 1.29 is 5.11 Å². The molecule has 5 rings (SSSR count). The van der Waals surface area contributed by atoms with Crippen molar-refractivity contribution in [2.75, 3.05) is 0 Å². The van der Waals surface area contributed by atoms with Crippen LogP contribution in [-0.4, -0.2) is 14.6 Å². The molecule has 1 aliphatic heterocycles. The van der Waals surface area contributed by atoms with Crippen molar-refractivity contribution in [2.45, 2.75) is 13.1 Å². The summed E-state index contributed by atoms with van der Waals surface area (Å²) in [6, 6.07) is 28.1. The zero-order valence-electron chi connectivity index (χ0n) is 17.0. The molecule has 2 heterocycles. The van der Waals surface area contributed by atoms with Gasteiger partial charge in [0.05, 0.1) is 12.7 Å². The Kier molecular flexibility index (Phi) is 4.89. The SMILES string of the molecule is O=c1cc(CN2C=Cc3ccccc3C2)n(-c2cccc(-c3ccccc3)c2)cc1O. The van der Waals surface area contributed by atoms with Gasteiger partial charge in [0.2, 0.25) is 5.43 Å². The monoisotopic (exact) mass is 406 g/mol. The normalized spacial score (nSPS) is 12.6. The molecule has 0 saturated heterocycles. The summed E-state index contributed by atoms with van der Waals surface area (Å²) in [4.78, 5) is 14.4. The summed E-state index contributed by atoms with van der Waals surface area (Å²) in [7, 11) is 0. The van der Waals surface area contributed by atoms with Gasteiger partial charge in [-0.1, -0.05) is 66.7 Å². The van der Waals surface area contributed by atoms with Gasteiger partial charge in [-0.2, -0.15) is 0 Å². The van der Waals surface area contributed by atoms with Crippen LogP contribution in [0.15, 0.2) is 102 Å². The largest absolute Gasteiger partial charge is 0.503 e. The van der Waals surface area contributed by atoms with Gasteiger partial charge in [-0.3, -0.25) is 4.79 Å². The molecular weight excluding hydrogens is 384 g/mol. The first-order valence-electron chi connectivity index (χ1n) is 10.3. The Hall–Kier alpha value is -4.05. The van der Waals surface area contributed by atoms with Gasteiger partial charge < -0.3 is 14.6 Å². The zero-order chi connectivity index (χ0) is 21.2. The molecule has 0 fully saturated rings. The summed E-state index contributed by atoms with van der Waals surface area (Å²) >= 11 is 0. The highest BCUT2D eigenvalue weighted by Gasteiger charge is 2.14. The van der Waals surface area contributed by atoms with E-state index < -0.39 is 0 Å². The Labute approximate surface area is 181 Å². The Morgan fingerprint density at radius 1 is 0.839 bits per heavy atom. The molecule has 0 saturated carbocycles. The van der Waals surface area contributed by atoms with Crippen molar-refractivity contribution in [3.63, 3.8) is 0 Å². The van der Waals surface area contributed by atoms with Gasteiger partial charge >= 0.3 is 0 Å². The maximum atomic E-state index is 12.3. The second-order valence-electron chi connectivity index (χ2n) is 7.72. The Bertz CT molecular complexity index is 1320. The maximum absolute atomic E-state index is 12.3. The van der Waals surface area contributed by atoms with Crippen LogP contribution in [0.1, 0.15) is 16.8 Å². The van der Waals surface area contributed by atoms with Gasteiger partial charge in [0.15, 0.2) is 5.75 Å². The standard InChI is InChI=1S/C27H22N2O2/c30-26-16-25(18-28-14-13-21-9-4-5-10-23(21)17-28)29(19-27(26)31)24-12-6-11-22(15-24)20-7-2-1-3-8-20/h1-16,19,31H,17-18H2. The smallest absolute Gasteiger partial charge is 0.223 e. The highest BCUT2D eigenvalue weighted by Crippen LogP contribution is 2.25. The van der Waals surface area contributed by atoms with Crippen LogP contribution < -0.4 is 5.43 Å². The minimum atomic E-state index is -0.369. The second kappa shape index (κ2) is 8.00. The van der Waals surface area contributed by atoms with Crippen LogP contribution in [-0.2, 0) is 13.1 Å².